The van der Waals surface area contributed by atoms with Gasteiger partial charge in [0.15, 0.2) is 0 Å². The van der Waals surface area contributed by atoms with Crippen LogP contribution in [0.2, 0.25) is 0 Å². The van der Waals surface area contributed by atoms with E-state index in [-0.39, 0.29) is 11.5 Å². The monoisotopic (exact) mass is 335 g/mol. The van der Waals surface area contributed by atoms with E-state index in [0.29, 0.717) is 30.5 Å². The molecule has 0 saturated heterocycles. The van der Waals surface area contributed by atoms with Gasteiger partial charge in [-0.3, -0.25) is 0 Å². The molecule has 2 N–H and O–H groups in total. The molecule has 0 radical (unpaired) electrons. The van der Waals surface area contributed by atoms with Crippen molar-refractivity contribution in [3.8, 4) is 0 Å². The van der Waals surface area contributed by atoms with Crippen LogP contribution < -0.4 is 5.32 Å². The minimum absolute atomic E-state index is 0.116. The summed E-state index contributed by atoms with van der Waals surface area (Å²) in [5.41, 5.74) is 0.667. The maximum absolute atomic E-state index is 12.4. The highest BCUT2D eigenvalue weighted by Gasteiger charge is 2.26. The number of alkyl halides is 2. The molecule has 7 heteroatoms. The van der Waals surface area contributed by atoms with Crippen LogP contribution in [0.25, 0.3) is 0 Å². The van der Waals surface area contributed by atoms with Gasteiger partial charge in [0.1, 0.15) is 0 Å². The largest absolute Gasteiger partial charge is 0.396 e. The minimum Gasteiger partial charge on any atom is -0.396 e. The van der Waals surface area contributed by atoms with Crippen molar-refractivity contribution < 1.29 is 22.3 Å². The molecular weight excluding hydrogens is 312 g/mol. The third-order valence-electron chi connectivity index (χ3n) is 3.35. The summed E-state index contributed by atoms with van der Waals surface area (Å²) in [6.07, 6.45) is 1.65. The van der Waals surface area contributed by atoms with Crippen LogP contribution in [0.4, 0.5) is 14.5 Å². The number of rotatable bonds is 9. The van der Waals surface area contributed by atoms with Crippen LogP contribution >= 0.6 is 0 Å². The molecule has 1 rings (SSSR count). The van der Waals surface area contributed by atoms with E-state index in [1.165, 1.54) is 24.3 Å². The van der Waals surface area contributed by atoms with Crippen LogP contribution in [-0.4, -0.2) is 32.4 Å². The molecule has 0 heterocycles. The molecule has 0 aromatic heterocycles. The van der Waals surface area contributed by atoms with E-state index in [1.807, 2.05) is 0 Å². The first-order valence-corrected chi connectivity index (χ1v) is 8.78. The Morgan fingerprint density at radius 1 is 1.18 bits per heavy atom. The SMILES string of the molecule is CC(C)CC(CCO)CNc1ccc(S(=O)(=O)C(F)F)cc1. The quantitative estimate of drug-likeness (QED) is 0.727. The van der Waals surface area contributed by atoms with E-state index in [1.54, 1.807) is 0 Å². The zero-order valence-electron chi connectivity index (χ0n) is 12.8. The Hall–Kier alpha value is -1.21. The summed E-state index contributed by atoms with van der Waals surface area (Å²) >= 11 is 0. The van der Waals surface area contributed by atoms with Crippen LogP contribution in [0.5, 0.6) is 0 Å². The van der Waals surface area contributed by atoms with Gasteiger partial charge < -0.3 is 10.4 Å². The summed E-state index contributed by atoms with van der Waals surface area (Å²) in [5.74, 6) is -2.60. The molecule has 0 spiro atoms. The lowest BCUT2D eigenvalue weighted by molar-refractivity contribution is 0.234. The topological polar surface area (TPSA) is 66.4 Å². The lowest BCUT2D eigenvalue weighted by Gasteiger charge is -2.19. The predicted octanol–water partition coefficient (Wildman–Crippen LogP) is 3.14. The summed E-state index contributed by atoms with van der Waals surface area (Å²) in [5, 5.41) is 12.2. The van der Waals surface area contributed by atoms with Gasteiger partial charge in [-0.2, -0.15) is 8.78 Å². The number of aliphatic hydroxyl groups excluding tert-OH is 1. The first kappa shape index (κ1) is 18.8. The molecule has 1 unspecified atom stereocenters. The van der Waals surface area contributed by atoms with Gasteiger partial charge in [0, 0.05) is 18.8 Å². The average molecular weight is 335 g/mol. The molecule has 4 nitrogen and oxygen atoms in total. The number of anilines is 1. The fourth-order valence-electron chi connectivity index (χ4n) is 2.28. The number of hydrogen-bond donors (Lipinski definition) is 2. The Labute approximate surface area is 130 Å². The van der Waals surface area contributed by atoms with Crippen molar-refractivity contribution in [2.24, 2.45) is 11.8 Å². The summed E-state index contributed by atoms with van der Waals surface area (Å²) < 4.78 is 47.5. The maximum Gasteiger partial charge on any atom is 0.341 e. The molecule has 22 heavy (non-hydrogen) atoms. The van der Waals surface area contributed by atoms with E-state index < -0.39 is 15.6 Å². The minimum atomic E-state index is -4.54. The van der Waals surface area contributed by atoms with Gasteiger partial charge in [0.2, 0.25) is 9.84 Å². The lowest BCUT2D eigenvalue weighted by atomic mass is 9.94. The number of nitrogens with one attached hydrogen (secondary N) is 1. The fourth-order valence-corrected chi connectivity index (χ4v) is 3.00. The Morgan fingerprint density at radius 2 is 1.77 bits per heavy atom. The molecular formula is C15H23F2NO3S. The fraction of sp³-hybridized carbons (Fsp3) is 0.600. The van der Waals surface area contributed by atoms with Crippen LogP contribution in [0, 0.1) is 11.8 Å². The molecule has 0 amide bonds. The maximum atomic E-state index is 12.4. The highest BCUT2D eigenvalue weighted by atomic mass is 32.2. The predicted molar refractivity (Wildman–Crippen MR) is 82.8 cm³/mol. The highest BCUT2D eigenvalue weighted by molar-refractivity contribution is 7.91. The Balaban J connectivity index is 2.68. The summed E-state index contributed by atoms with van der Waals surface area (Å²) in [6.45, 7) is 4.97. The van der Waals surface area contributed by atoms with E-state index in [9.17, 15) is 17.2 Å². The van der Waals surface area contributed by atoms with Crippen molar-refractivity contribution in [1.29, 1.82) is 0 Å². The van der Waals surface area contributed by atoms with Crippen molar-refractivity contribution in [2.75, 3.05) is 18.5 Å². The standard InChI is InChI=1S/C15H23F2NO3S/c1-11(2)9-12(7-8-19)10-18-13-3-5-14(6-4-13)22(20,21)15(16)17/h3-6,11-12,15,18-19H,7-10H2,1-2H3. The molecule has 0 saturated carbocycles. The second kappa shape index (κ2) is 8.43. The lowest BCUT2D eigenvalue weighted by Crippen LogP contribution is -2.18. The first-order chi connectivity index (χ1) is 10.3. The van der Waals surface area contributed by atoms with Crippen molar-refractivity contribution in [2.45, 2.75) is 37.3 Å². The molecule has 126 valence electrons. The molecule has 0 aliphatic carbocycles. The third kappa shape index (κ3) is 5.53. The van der Waals surface area contributed by atoms with Crippen molar-refractivity contribution in [3.63, 3.8) is 0 Å². The average Bonchev–Trinajstić information content (AvgIpc) is 2.44. The zero-order chi connectivity index (χ0) is 16.8. The molecule has 0 fully saturated rings. The van der Waals surface area contributed by atoms with E-state index in [4.69, 9.17) is 5.11 Å². The van der Waals surface area contributed by atoms with Gasteiger partial charge in [-0.15, -0.1) is 0 Å². The Morgan fingerprint density at radius 3 is 2.23 bits per heavy atom. The molecule has 1 aromatic rings. The molecule has 1 aromatic carbocycles. The van der Waals surface area contributed by atoms with E-state index in [0.717, 1.165) is 6.42 Å². The number of halogens is 2. The van der Waals surface area contributed by atoms with Gasteiger partial charge in [-0.05, 0) is 48.9 Å². The summed E-state index contributed by atoms with van der Waals surface area (Å²) in [7, 11) is -4.54. The van der Waals surface area contributed by atoms with Crippen LogP contribution in [0.15, 0.2) is 29.2 Å². The third-order valence-corrected chi connectivity index (χ3v) is 4.75. The highest BCUT2D eigenvalue weighted by Crippen LogP contribution is 2.21. The van der Waals surface area contributed by atoms with Crippen molar-refractivity contribution in [1.82, 2.24) is 0 Å². The first-order valence-electron chi connectivity index (χ1n) is 7.24. The molecule has 0 aliphatic heterocycles. The van der Waals surface area contributed by atoms with Gasteiger partial charge >= 0.3 is 5.76 Å². The van der Waals surface area contributed by atoms with E-state index >= 15 is 0 Å². The van der Waals surface area contributed by atoms with Crippen LogP contribution in [0.3, 0.4) is 0 Å². The van der Waals surface area contributed by atoms with Crippen molar-refractivity contribution in [3.05, 3.63) is 24.3 Å². The van der Waals surface area contributed by atoms with Crippen LogP contribution in [0.1, 0.15) is 26.7 Å². The number of benzene rings is 1. The zero-order valence-corrected chi connectivity index (χ0v) is 13.6. The summed E-state index contributed by atoms with van der Waals surface area (Å²) in [4.78, 5) is -0.387. The van der Waals surface area contributed by atoms with Gasteiger partial charge in [0.25, 0.3) is 0 Å². The van der Waals surface area contributed by atoms with Gasteiger partial charge in [-0.25, -0.2) is 8.42 Å². The molecule has 0 aliphatic rings. The second-order valence-electron chi connectivity index (χ2n) is 5.72. The second-order valence-corrected chi connectivity index (χ2v) is 7.64. The summed E-state index contributed by atoms with van der Waals surface area (Å²) in [6, 6.07) is 5.29. The molecule has 0 bridgehead atoms. The van der Waals surface area contributed by atoms with Gasteiger partial charge in [0.05, 0.1) is 4.90 Å². The van der Waals surface area contributed by atoms with Crippen molar-refractivity contribution >= 4 is 15.5 Å². The Bertz CT molecular complexity index is 544. The smallest absolute Gasteiger partial charge is 0.341 e. The normalized spacial score (nSPS) is 13.6. The molecule has 1 atom stereocenters. The van der Waals surface area contributed by atoms with E-state index in [2.05, 4.69) is 19.2 Å². The number of hydrogen-bond acceptors (Lipinski definition) is 4. The van der Waals surface area contributed by atoms with Crippen LogP contribution in [-0.2, 0) is 9.84 Å². The Kier molecular flexibility index (Phi) is 7.22. The van der Waals surface area contributed by atoms with Gasteiger partial charge in [-0.1, -0.05) is 13.8 Å². The number of sulfone groups is 1. The number of aliphatic hydroxyl groups is 1.